The van der Waals surface area contributed by atoms with E-state index in [9.17, 15) is 0 Å². The molecular weight excluding hydrogens is 392 g/mol. The van der Waals surface area contributed by atoms with E-state index in [1.165, 1.54) is 5.56 Å². The van der Waals surface area contributed by atoms with Crippen LogP contribution in [0.15, 0.2) is 48.5 Å². The second kappa shape index (κ2) is 9.98. The summed E-state index contributed by atoms with van der Waals surface area (Å²) in [6, 6.07) is 16.3. The highest BCUT2D eigenvalue weighted by Crippen LogP contribution is 2.29. The molecule has 6 heteroatoms. The zero-order valence-corrected chi connectivity index (χ0v) is 18.5. The molecule has 2 aromatic carbocycles. The Morgan fingerprint density at radius 1 is 0.935 bits per heavy atom. The number of aromatic nitrogens is 1. The summed E-state index contributed by atoms with van der Waals surface area (Å²) in [7, 11) is 5.00. The maximum absolute atomic E-state index is 5.92. The number of ether oxygens (including phenoxy) is 4. The van der Waals surface area contributed by atoms with Crippen molar-refractivity contribution in [2.45, 2.75) is 32.0 Å². The highest BCUT2D eigenvalue weighted by atomic mass is 16.5. The Kier molecular flexibility index (Phi) is 6.89. The molecule has 0 radical (unpaired) electrons. The van der Waals surface area contributed by atoms with Crippen LogP contribution in [0.2, 0.25) is 0 Å². The molecule has 3 aromatic rings. The third-order valence-corrected chi connectivity index (χ3v) is 5.68. The van der Waals surface area contributed by atoms with Crippen molar-refractivity contribution >= 4 is 10.9 Å². The molecule has 1 aliphatic heterocycles. The predicted octanol–water partition coefficient (Wildman–Crippen LogP) is 4.44. The number of rotatable bonds is 9. The topological polar surface area (TPSA) is 53.1 Å². The fraction of sp³-hybridized carbons (Fsp3) is 0.400. The largest absolute Gasteiger partial charge is 0.497 e. The lowest BCUT2D eigenvalue weighted by molar-refractivity contribution is 0.0675. The van der Waals surface area contributed by atoms with Crippen molar-refractivity contribution in [3.05, 3.63) is 59.8 Å². The average molecular weight is 423 g/mol. The Labute approximate surface area is 183 Å². The minimum atomic E-state index is 0.268. The maximum atomic E-state index is 5.92. The molecule has 1 fully saturated rings. The molecule has 1 atom stereocenters. The summed E-state index contributed by atoms with van der Waals surface area (Å²) in [4.78, 5) is 7.28. The zero-order valence-electron chi connectivity index (χ0n) is 18.5. The number of pyridine rings is 1. The van der Waals surface area contributed by atoms with Crippen LogP contribution in [-0.4, -0.2) is 50.5 Å². The molecular formula is C25H30N2O4. The summed E-state index contributed by atoms with van der Waals surface area (Å²) < 4.78 is 22.1. The Morgan fingerprint density at radius 3 is 2.55 bits per heavy atom. The maximum Gasteiger partial charge on any atom is 0.161 e. The van der Waals surface area contributed by atoms with Gasteiger partial charge < -0.3 is 18.9 Å². The van der Waals surface area contributed by atoms with E-state index in [4.69, 9.17) is 23.9 Å². The molecule has 6 nitrogen and oxygen atoms in total. The van der Waals surface area contributed by atoms with E-state index < -0.39 is 0 Å². The van der Waals surface area contributed by atoms with Crippen LogP contribution in [0.1, 0.15) is 24.1 Å². The highest BCUT2D eigenvalue weighted by molar-refractivity contribution is 5.80. The third kappa shape index (κ3) is 5.27. The molecule has 31 heavy (non-hydrogen) atoms. The SMILES string of the molecule is COc1ccc2nc(CN(Cc3ccc(OC)c(OC)c3)C[C@H]3CCCO3)ccc2c1. The lowest BCUT2D eigenvalue weighted by Crippen LogP contribution is -2.31. The monoisotopic (exact) mass is 422 g/mol. The number of nitrogens with zero attached hydrogens (tertiary/aromatic N) is 2. The van der Waals surface area contributed by atoms with Crippen molar-refractivity contribution in [3.63, 3.8) is 0 Å². The van der Waals surface area contributed by atoms with Crippen molar-refractivity contribution < 1.29 is 18.9 Å². The summed E-state index contributed by atoms with van der Waals surface area (Å²) in [5.74, 6) is 2.33. The first kappa shape index (κ1) is 21.4. The van der Waals surface area contributed by atoms with Crippen molar-refractivity contribution in [2.75, 3.05) is 34.5 Å². The second-order valence-corrected chi connectivity index (χ2v) is 7.86. The van der Waals surface area contributed by atoms with Crippen LogP contribution in [0.5, 0.6) is 17.2 Å². The van der Waals surface area contributed by atoms with Gasteiger partial charge in [0.2, 0.25) is 0 Å². The number of hydrogen-bond donors (Lipinski definition) is 0. The van der Waals surface area contributed by atoms with E-state index in [1.54, 1.807) is 21.3 Å². The van der Waals surface area contributed by atoms with E-state index in [2.05, 4.69) is 23.1 Å². The molecule has 2 heterocycles. The molecule has 0 spiro atoms. The zero-order chi connectivity index (χ0) is 21.6. The van der Waals surface area contributed by atoms with Gasteiger partial charge in [-0.15, -0.1) is 0 Å². The quantitative estimate of drug-likeness (QED) is 0.508. The van der Waals surface area contributed by atoms with E-state index in [0.29, 0.717) is 0 Å². The molecule has 1 aliphatic rings. The third-order valence-electron chi connectivity index (χ3n) is 5.68. The molecule has 4 rings (SSSR count). The van der Waals surface area contributed by atoms with Crippen molar-refractivity contribution in [2.24, 2.45) is 0 Å². The van der Waals surface area contributed by atoms with E-state index in [-0.39, 0.29) is 6.10 Å². The summed E-state index contributed by atoms with van der Waals surface area (Å²) in [6.07, 6.45) is 2.50. The fourth-order valence-electron chi connectivity index (χ4n) is 4.09. The Morgan fingerprint density at radius 2 is 1.81 bits per heavy atom. The van der Waals surface area contributed by atoms with Crippen LogP contribution >= 0.6 is 0 Å². The standard InChI is InChI=1S/C25H30N2O4/c1-28-21-9-10-23-19(14-21)7-8-20(26-23)16-27(17-22-5-4-12-31-22)15-18-6-11-24(29-2)25(13-18)30-3/h6-11,13-14,22H,4-5,12,15-17H2,1-3H3/t22-/m1/s1. The van der Waals surface area contributed by atoms with Gasteiger partial charge in [-0.1, -0.05) is 12.1 Å². The molecule has 0 bridgehead atoms. The average Bonchev–Trinajstić information content (AvgIpc) is 3.31. The number of methoxy groups -OCH3 is 3. The molecule has 0 amide bonds. The van der Waals surface area contributed by atoms with Gasteiger partial charge in [0.15, 0.2) is 11.5 Å². The molecule has 0 aliphatic carbocycles. The van der Waals surface area contributed by atoms with Gasteiger partial charge in [-0.25, -0.2) is 0 Å². The first-order valence-electron chi connectivity index (χ1n) is 10.7. The first-order valence-corrected chi connectivity index (χ1v) is 10.7. The minimum absolute atomic E-state index is 0.268. The normalized spacial score (nSPS) is 16.1. The smallest absolute Gasteiger partial charge is 0.161 e. The molecule has 0 N–H and O–H groups in total. The second-order valence-electron chi connectivity index (χ2n) is 7.86. The first-order chi connectivity index (χ1) is 15.2. The van der Waals surface area contributed by atoms with Crippen LogP contribution in [0.25, 0.3) is 10.9 Å². The summed E-state index contributed by atoms with van der Waals surface area (Å²) in [6.45, 7) is 3.25. The van der Waals surface area contributed by atoms with Crippen molar-refractivity contribution in [1.82, 2.24) is 9.88 Å². The van der Waals surface area contributed by atoms with Gasteiger partial charge in [-0.2, -0.15) is 0 Å². The molecule has 1 aromatic heterocycles. The van der Waals surface area contributed by atoms with Gasteiger partial charge in [0.25, 0.3) is 0 Å². The predicted molar refractivity (Wildman–Crippen MR) is 121 cm³/mol. The Hall–Kier alpha value is -2.83. The van der Waals surface area contributed by atoms with Crippen LogP contribution in [-0.2, 0) is 17.8 Å². The van der Waals surface area contributed by atoms with Crippen molar-refractivity contribution in [3.8, 4) is 17.2 Å². The van der Waals surface area contributed by atoms with Crippen LogP contribution in [0.4, 0.5) is 0 Å². The lowest BCUT2D eigenvalue weighted by Gasteiger charge is -2.25. The van der Waals surface area contributed by atoms with Crippen LogP contribution in [0, 0.1) is 0 Å². The van der Waals surface area contributed by atoms with Gasteiger partial charge in [0, 0.05) is 31.6 Å². The van der Waals surface area contributed by atoms with E-state index >= 15 is 0 Å². The van der Waals surface area contributed by atoms with Gasteiger partial charge in [-0.05, 0) is 54.8 Å². The fourth-order valence-corrected chi connectivity index (χ4v) is 4.09. The molecule has 0 unspecified atom stereocenters. The summed E-state index contributed by atoms with van der Waals surface area (Å²) in [5, 5.41) is 1.08. The van der Waals surface area contributed by atoms with Gasteiger partial charge in [-0.3, -0.25) is 9.88 Å². The number of hydrogen-bond acceptors (Lipinski definition) is 6. The van der Waals surface area contributed by atoms with E-state index in [1.807, 2.05) is 30.3 Å². The molecule has 0 saturated carbocycles. The highest BCUT2D eigenvalue weighted by Gasteiger charge is 2.20. The summed E-state index contributed by atoms with van der Waals surface area (Å²) in [5.41, 5.74) is 3.18. The Bertz CT molecular complexity index is 1020. The molecule has 1 saturated heterocycles. The van der Waals surface area contributed by atoms with Crippen LogP contribution < -0.4 is 14.2 Å². The van der Waals surface area contributed by atoms with Crippen molar-refractivity contribution in [1.29, 1.82) is 0 Å². The number of fused-ring (bicyclic) bond motifs is 1. The Balaban J connectivity index is 1.55. The van der Waals surface area contributed by atoms with Crippen LogP contribution in [0.3, 0.4) is 0 Å². The number of benzene rings is 2. The minimum Gasteiger partial charge on any atom is -0.497 e. The lowest BCUT2D eigenvalue weighted by atomic mass is 10.1. The van der Waals surface area contributed by atoms with Gasteiger partial charge >= 0.3 is 0 Å². The molecule has 164 valence electrons. The summed E-state index contributed by atoms with van der Waals surface area (Å²) >= 11 is 0. The van der Waals surface area contributed by atoms with E-state index in [0.717, 1.165) is 72.9 Å². The van der Waals surface area contributed by atoms with Gasteiger partial charge in [0.1, 0.15) is 5.75 Å². The van der Waals surface area contributed by atoms with Gasteiger partial charge in [0.05, 0.1) is 38.6 Å².